The summed E-state index contributed by atoms with van der Waals surface area (Å²) in [6.45, 7) is 6.03. The maximum Gasteiger partial charge on any atom is 0.274 e. The third kappa shape index (κ3) is 4.41. The maximum atomic E-state index is 12.5. The lowest BCUT2D eigenvalue weighted by molar-refractivity contribution is 0.102. The van der Waals surface area contributed by atoms with Gasteiger partial charge >= 0.3 is 0 Å². The Kier molecular flexibility index (Phi) is 5.35. The fraction of sp³-hybridized carbons (Fsp3) is 0.190. The number of hydrogen-bond donors (Lipinski definition) is 2. The molecule has 0 fully saturated rings. The quantitative estimate of drug-likeness (QED) is 0.703. The summed E-state index contributed by atoms with van der Waals surface area (Å²) in [4.78, 5) is 20.8. The molecular formula is C21H22N4O2. The fourth-order valence-electron chi connectivity index (χ4n) is 2.62. The second kappa shape index (κ2) is 7.86. The largest absolute Gasteiger partial charge is 0.495 e. The van der Waals surface area contributed by atoms with Crippen LogP contribution >= 0.6 is 0 Å². The zero-order valence-corrected chi connectivity index (χ0v) is 15.8. The summed E-state index contributed by atoms with van der Waals surface area (Å²) in [7, 11) is 1.61. The number of anilines is 3. The highest BCUT2D eigenvalue weighted by Crippen LogP contribution is 2.28. The number of nitrogens with zero attached hydrogens (tertiary/aromatic N) is 2. The van der Waals surface area contributed by atoms with Gasteiger partial charge in [0.15, 0.2) is 0 Å². The second-order valence-electron chi connectivity index (χ2n) is 6.37. The predicted molar refractivity (Wildman–Crippen MR) is 107 cm³/mol. The maximum absolute atomic E-state index is 12.5. The molecule has 0 spiro atoms. The van der Waals surface area contributed by atoms with E-state index in [4.69, 9.17) is 4.74 Å². The molecule has 138 valence electrons. The summed E-state index contributed by atoms with van der Waals surface area (Å²) in [5, 5.41) is 6.05. The predicted octanol–water partition coefficient (Wildman–Crippen LogP) is 4.41. The molecule has 1 aromatic heterocycles. The first kappa shape index (κ1) is 18.4. The second-order valence-corrected chi connectivity index (χ2v) is 6.37. The van der Waals surface area contributed by atoms with Crippen LogP contribution in [0.15, 0.2) is 48.8 Å². The van der Waals surface area contributed by atoms with Gasteiger partial charge in [0.1, 0.15) is 23.6 Å². The summed E-state index contributed by atoms with van der Waals surface area (Å²) in [6, 6.07) is 13.2. The zero-order chi connectivity index (χ0) is 19.4. The van der Waals surface area contributed by atoms with Gasteiger partial charge in [-0.05, 0) is 61.7 Å². The molecule has 3 aromatic rings. The molecule has 0 saturated heterocycles. The molecule has 6 heteroatoms. The highest BCUT2D eigenvalue weighted by atomic mass is 16.5. The highest BCUT2D eigenvalue weighted by Gasteiger charge is 2.11. The van der Waals surface area contributed by atoms with Crippen LogP contribution in [0.1, 0.15) is 27.2 Å². The Morgan fingerprint density at radius 3 is 2.52 bits per heavy atom. The van der Waals surface area contributed by atoms with Gasteiger partial charge in [0.05, 0.1) is 12.8 Å². The number of rotatable bonds is 5. The molecule has 1 heterocycles. The SMILES string of the molecule is COc1ccc(C)cc1Nc1cc(C(=O)Nc2ccc(C)c(C)c2)ncn1. The molecule has 6 nitrogen and oxygen atoms in total. The van der Waals surface area contributed by atoms with Crippen molar-refractivity contribution in [1.29, 1.82) is 0 Å². The minimum Gasteiger partial charge on any atom is -0.495 e. The van der Waals surface area contributed by atoms with E-state index < -0.39 is 0 Å². The van der Waals surface area contributed by atoms with Crippen LogP contribution in [0.25, 0.3) is 0 Å². The Labute approximate surface area is 158 Å². The van der Waals surface area contributed by atoms with Crippen molar-refractivity contribution < 1.29 is 9.53 Å². The standard InChI is InChI=1S/C21H22N4O2/c1-13-5-8-19(27-4)17(9-13)25-20-11-18(22-12-23-20)21(26)24-16-7-6-14(2)15(3)10-16/h5-12H,1-4H3,(H,24,26)(H,22,23,25). The summed E-state index contributed by atoms with van der Waals surface area (Å²) in [6.07, 6.45) is 1.36. The van der Waals surface area contributed by atoms with Crippen molar-refractivity contribution >= 4 is 23.1 Å². The zero-order valence-electron chi connectivity index (χ0n) is 15.8. The first-order valence-corrected chi connectivity index (χ1v) is 8.58. The molecule has 27 heavy (non-hydrogen) atoms. The number of carbonyl (C=O) groups excluding carboxylic acids is 1. The van der Waals surface area contributed by atoms with Crippen LogP contribution in [0.3, 0.4) is 0 Å². The van der Waals surface area contributed by atoms with Gasteiger partial charge in [-0.2, -0.15) is 0 Å². The van der Waals surface area contributed by atoms with Gasteiger partial charge in [-0.15, -0.1) is 0 Å². The van der Waals surface area contributed by atoms with E-state index in [0.717, 1.165) is 22.5 Å². The van der Waals surface area contributed by atoms with Gasteiger partial charge in [0.2, 0.25) is 0 Å². The van der Waals surface area contributed by atoms with Crippen LogP contribution in [0.5, 0.6) is 5.75 Å². The van der Waals surface area contributed by atoms with E-state index in [2.05, 4.69) is 20.6 Å². The molecule has 0 aliphatic heterocycles. The van der Waals surface area contributed by atoms with E-state index in [1.54, 1.807) is 13.2 Å². The Morgan fingerprint density at radius 1 is 0.963 bits per heavy atom. The summed E-state index contributed by atoms with van der Waals surface area (Å²) in [5.74, 6) is 0.916. The molecule has 0 bridgehead atoms. The van der Waals surface area contributed by atoms with Crippen molar-refractivity contribution in [2.45, 2.75) is 20.8 Å². The molecule has 2 N–H and O–H groups in total. The Bertz CT molecular complexity index is 986. The van der Waals surface area contributed by atoms with Crippen LogP contribution < -0.4 is 15.4 Å². The topological polar surface area (TPSA) is 76.1 Å². The van der Waals surface area contributed by atoms with Crippen molar-refractivity contribution in [3.63, 3.8) is 0 Å². The summed E-state index contributed by atoms with van der Waals surface area (Å²) in [5.41, 5.74) is 5.16. The number of nitrogens with one attached hydrogen (secondary N) is 2. The Morgan fingerprint density at radius 2 is 1.78 bits per heavy atom. The van der Waals surface area contributed by atoms with Crippen LogP contribution in [-0.2, 0) is 0 Å². The average molecular weight is 362 g/mol. The molecular weight excluding hydrogens is 340 g/mol. The molecule has 0 radical (unpaired) electrons. The molecule has 2 aromatic carbocycles. The number of methoxy groups -OCH3 is 1. The van der Waals surface area contributed by atoms with E-state index in [-0.39, 0.29) is 11.6 Å². The van der Waals surface area contributed by atoms with Crippen LogP contribution in [0.2, 0.25) is 0 Å². The number of aryl methyl sites for hydroxylation is 3. The molecule has 0 aliphatic carbocycles. The van der Waals surface area contributed by atoms with Crippen molar-refractivity contribution in [3.05, 3.63) is 71.2 Å². The van der Waals surface area contributed by atoms with E-state index in [9.17, 15) is 4.79 Å². The number of benzene rings is 2. The third-order valence-corrected chi connectivity index (χ3v) is 4.28. The average Bonchev–Trinajstić information content (AvgIpc) is 2.65. The Balaban J connectivity index is 1.80. The monoisotopic (exact) mass is 362 g/mol. The first-order chi connectivity index (χ1) is 13.0. The molecule has 0 saturated carbocycles. The highest BCUT2D eigenvalue weighted by molar-refractivity contribution is 6.03. The van der Waals surface area contributed by atoms with Gasteiger partial charge in [0, 0.05) is 11.8 Å². The minimum absolute atomic E-state index is 0.275. The van der Waals surface area contributed by atoms with Gasteiger partial charge in [-0.25, -0.2) is 9.97 Å². The fourth-order valence-corrected chi connectivity index (χ4v) is 2.62. The lowest BCUT2D eigenvalue weighted by Crippen LogP contribution is -2.14. The van der Waals surface area contributed by atoms with Crippen LogP contribution in [0, 0.1) is 20.8 Å². The third-order valence-electron chi connectivity index (χ3n) is 4.28. The number of amides is 1. The minimum atomic E-state index is -0.292. The van der Waals surface area contributed by atoms with E-state index >= 15 is 0 Å². The van der Waals surface area contributed by atoms with Gasteiger partial charge in [-0.1, -0.05) is 12.1 Å². The lowest BCUT2D eigenvalue weighted by Gasteiger charge is -2.12. The molecule has 0 atom stereocenters. The summed E-state index contributed by atoms with van der Waals surface area (Å²) < 4.78 is 5.36. The Hall–Kier alpha value is -3.41. The molecule has 0 unspecified atom stereocenters. The van der Waals surface area contributed by atoms with Gasteiger partial charge in [0.25, 0.3) is 5.91 Å². The number of aromatic nitrogens is 2. The molecule has 0 aliphatic rings. The normalized spacial score (nSPS) is 10.4. The number of hydrogen-bond acceptors (Lipinski definition) is 5. The van der Waals surface area contributed by atoms with E-state index in [1.165, 1.54) is 11.9 Å². The molecule has 1 amide bonds. The van der Waals surface area contributed by atoms with Gasteiger partial charge in [-0.3, -0.25) is 4.79 Å². The first-order valence-electron chi connectivity index (χ1n) is 8.58. The number of carbonyl (C=O) groups is 1. The van der Waals surface area contributed by atoms with Crippen LogP contribution in [0.4, 0.5) is 17.2 Å². The summed E-state index contributed by atoms with van der Waals surface area (Å²) >= 11 is 0. The van der Waals surface area contributed by atoms with Gasteiger partial charge < -0.3 is 15.4 Å². The van der Waals surface area contributed by atoms with Crippen molar-refractivity contribution in [3.8, 4) is 5.75 Å². The van der Waals surface area contributed by atoms with Crippen molar-refractivity contribution in [2.24, 2.45) is 0 Å². The van der Waals surface area contributed by atoms with Crippen molar-refractivity contribution in [2.75, 3.05) is 17.7 Å². The van der Waals surface area contributed by atoms with Crippen molar-refractivity contribution in [1.82, 2.24) is 9.97 Å². The number of ether oxygens (including phenoxy) is 1. The van der Waals surface area contributed by atoms with Crippen LogP contribution in [-0.4, -0.2) is 23.0 Å². The smallest absolute Gasteiger partial charge is 0.274 e. The van der Waals surface area contributed by atoms with E-state index in [0.29, 0.717) is 11.6 Å². The lowest BCUT2D eigenvalue weighted by atomic mass is 10.1. The molecule has 3 rings (SSSR count). The van der Waals surface area contributed by atoms with E-state index in [1.807, 2.05) is 57.2 Å².